The molecule has 2 nitrogen and oxygen atoms in total. The zero-order valence-electron chi connectivity index (χ0n) is 13.1. The second-order valence-corrected chi connectivity index (χ2v) is 6.71. The van der Waals surface area contributed by atoms with Crippen molar-refractivity contribution in [2.75, 3.05) is 6.54 Å². The highest BCUT2D eigenvalue weighted by Crippen LogP contribution is 2.30. The predicted octanol–water partition coefficient (Wildman–Crippen LogP) is 3.83. The van der Waals surface area contributed by atoms with Gasteiger partial charge in [0.2, 0.25) is 0 Å². The Morgan fingerprint density at radius 2 is 1.95 bits per heavy atom. The zero-order valence-corrected chi connectivity index (χ0v) is 13.1. The van der Waals surface area contributed by atoms with Crippen molar-refractivity contribution in [1.82, 2.24) is 5.32 Å². The maximum absolute atomic E-state index is 10.2. The van der Waals surface area contributed by atoms with Gasteiger partial charge in [-0.05, 0) is 49.1 Å². The molecule has 1 fully saturated rings. The third kappa shape index (κ3) is 4.07. The van der Waals surface area contributed by atoms with E-state index in [2.05, 4.69) is 50.4 Å². The van der Waals surface area contributed by atoms with Crippen LogP contribution in [-0.4, -0.2) is 17.8 Å². The van der Waals surface area contributed by atoms with E-state index < -0.39 is 0 Å². The molecule has 0 aliphatic heterocycles. The van der Waals surface area contributed by atoms with Crippen molar-refractivity contribution in [3.63, 3.8) is 0 Å². The van der Waals surface area contributed by atoms with Crippen molar-refractivity contribution < 1.29 is 5.11 Å². The van der Waals surface area contributed by atoms with Crippen molar-refractivity contribution >= 4 is 0 Å². The van der Waals surface area contributed by atoms with Crippen LogP contribution in [0.15, 0.2) is 24.3 Å². The standard InChI is InChI=1S/C18H29NO/c1-13(2)11-17(16-10-5-4-7-14(16)3)19-12-18(20)15-8-6-9-15/h4-5,7,10,13,15,17-20H,6,8-9,11-12H2,1-3H3. The molecule has 2 unspecified atom stereocenters. The second-order valence-electron chi connectivity index (χ2n) is 6.71. The maximum Gasteiger partial charge on any atom is 0.0692 e. The molecule has 1 saturated carbocycles. The average Bonchev–Trinajstić information content (AvgIpc) is 2.32. The summed E-state index contributed by atoms with van der Waals surface area (Å²) in [6, 6.07) is 8.94. The normalized spacial score (nSPS) is 18.9. The first-order valence-corrected chi connectivity index (χ1v) is 8.05. The molecule has 0 heterocycles. The van der Waals surface area contributed by atoms with E-state index in [0.29, 0.717) is 17.9 Å². The third-order valence-electron chi connectivity index (χ3n) is 4.54. The van der Waals surface area contributed by atoms with Gasteiger partial charge in [0.25, 0.3) is 0 Å². The van der Waals surface area contributed by atoms with Gasteiger partial charge in [-0.15, -0.1) is 0 Å². The molecule has 1 aliphatic rings. The molecule has 0 saturated heterocycles. The van der Waals surface area contributed by atoms with Crippen molar-refractivity contribution in [3.05, 3.63) is 35.4 Å². The summed E-state index contributed by atoms with van der Waals surface area (Å²) in [5.74, 6) is 1.17. The molecule has 2 N–H and O–H groups in total. The number of aliphatic hydroxyl groups excluding tert-OH is 1. The average molecular weight is 275 g/mol. The molecule has 0 amide bonds. The van der Waals surface area contributed by atoms with Crippen molar-refractivity contribution in [1.29, 1.82) is 0 Å². The van der Waals surface area contributed by atoms with Gasteiger partial charge < -0.3 is 10.4 Å². The number of aliphatic hydroxyl groups is 1. The topological polar surface area (TPSA) is 32.3 Å². The van der Waals surface area contributed by atoms with E-state index in [4.69, 9.17) is 0 Å². The van der Waals surface area contributed by atoms with Crippen molar-refractivity contribution in [2.45, 2.75) is 58.6 Å². The number of aryl methyl sites for hydroxylation is 1. The quantitative estimate of drug-likeness (QED) is 0.792. The van der Waals surface area contributed by atoms with Gasteiger partial charge in [0.15, 0.2) is 0 Å². The van der Waals surface area contributed by atoms with Crippen LogP contribution in [0.3, 0.4) is 0 Å². The Bertz CT molecular complexity index is 412. The van der Waals surface area contributed by atoms with Crippen LogP contribution in [0.4, 0.5) is 0 Å². The Kier molecular flexibility index (Phi) is 5.62. The smallest absolute Gasteiger partial charge is 0.0692 e. The minimum Gasteiger partial charge on any atom is -0.392 e. The summed E-state index contributed by atoms with van der Waals surface area (Å²) in [4.78, 5) is 0. The largest absolute Gasteiger partial charge is 0.392 e. The summed E-state index contributed by atoms with van der Waals surface area (Å²) in [6.45, 7) is 7.41. The molecule has 2 atom stereocenters. The fraction of sp³-hybridized carbons (Fsp3) is 0.667. The molecule has 0 bridgehead atoms. The van der Waals surface area contributed by atoms with Crippen LogP contribution < -0.4 is 5.32 Å². The molecule has 1 aromatic carbocycles. The molecule has 112 valence electrons. The van der Waals surface area contributed by atoms with E-state index in [0.717, 1.165) is 13.0 Å². The minimum atomic E-state index is -0.178. The summed E-state index contributed by atoms with van der Waals surface area (Å²) in [5, 5.41) is 13.8. The molecule has 2 rings (SSSR count). The number of hydrogen-bond donors (Lipinski definition) is 2. The monoisotopic (exact) mass is 275 g/mol. The van der Waals surface area contributed by atoms with Crippen LogP contribution in [0.1, 0.15) is 56.7 Å². The summed E-state index contributed by atoms with van der Waals surface area (Å²) in [5.41, 5.74) is 2.71. The van der Waals surface area contributed by atoms with Crippen LogP contribution in [0.25, 0.3) is 0 Å². The molecule has 0 aromatic heterocycles. The molecule has 20 heavy (non-hydrogen) atoms. The van der Waals surface area contributed by atoms with E-state index in [1.165, 1.54) is 30.4 Å². The minimum absolute atomic E-state index is 0.178. The summed E-state index contributed by atoms with van der Waals surface area (Å²) < 4.78 is 0. The molecule has 0 spiro atoms. The van der Waals surface area contributed by atoms with E-state index >= 15 is 0 Å². The SMILES string of the molecule is Cc1ccccc1C(CC(C)C)NCC(O)C1CCC1. The van der Waals surface area contributed by atoms with Gasteiger partial charge in [-0.1, -0.05) is 44.5 Å². The first kappa shape index (κ1) is 15.5. The highest BCUT2D eigenvalue weighted by molar-refractivity contribution is 5.28. The zero-order chi connectivity index (χ0) is 14.5. The fourth-order valence-corrected chi connectivity index (χ4v) is 3.02. The highest BCUT2D eigenvalue weighted by Gasteiger charge is 2.26. The number of nitrogens with one attached hydrogen (secondary N) is 1. The molecular formula is C18H29NO. The summed E-state index contributed by atoms with van der Waals surface area (Å²) in [7, 11) is 0. The Labute approximate surface area is 123 Å². The molecule has 1 aliphatic carbocycles. The third-order valence-corrected chi connectivity index (χ3v) is 4.54. The van der Waals surface area contributed by atoms with Crippen LogP contribution in [0.5, 0.6) is 0 Å². The lowest BCUT2D eigenvalue weighted by molar-refractivity contribution is 0.0594. The van der Waals surface area contributed by atoms with Gasteiger partial charge in [-0.25, -0.2) is 0 Å². The van der Waals surface area contributed by atoms with Crippen LogP contribution in [-0.2, 0) is 0 Å². The molecular weight excluding hydrogens is 246 g/mol. The molecule has 2 heteroatoms. The van der Waals surface area contributed by atoms with Gasteiger partial charge in [0, 0.05) is 12.6 Å². The predicted molar refractivity (Wildman–Crippen MR) is 84.7 cm³/mol. The molecule has 0 radical (unpaired) electrons. The van der Waals surface area contributed by atoms with E-state index in [-0.39, 0.29) is 6.10 Å². The molecule has 1 aromatic rings. The summed E-state index contributed by atoms with van der Waals surface area (Å²) in [6.07, 6.45) is 4.61. The fourth-order valence-electron chi connectivity index (χ4n) is 3.02. The van der Waals surface area contributed by atoms with Gasteiger partial charge in [-0.3, -0.25) is 0 Å². The van der Waals surface area contributed by atoms with Crippen molar-refractivity contribution in [2.24, 2.45) is 11.8 Å². The Morgan fingerprint density at radius 3 is 2.50 bits per heavy atom. The Hall–Kier alpha value is -0.860. The Balaban J connectivity index is 1.98. The first-order valence-electron chi connectivity index (χ1n) is 8.05. The van der Waals surface area contributed by atoms with Gasteiger partial charge in [-0.2, -0.15) is 0 Å². The van der Waals surface area contributed by atoms with Gasteiger partial charge in [0.1, 0.15) is 0 Å². The lowest BCUT2D eigenvalue weighted by Crippen LogP contribution is -2.38. The lowest BCUT2D eigenvalue weighted by atomic mass is 9.81. The van der Waals surface area contributed by atoms with E-state index in [1.54, 1.807) is 0 Å². The van der Waals surface area contributed by atoms with Crippen molar-refractivity contribution in [3.8, 4) is 0 Å². The van der Waals surface area contributed by atoms with Crippen LogP contribution in [0.2, 0.25) is 0 Å². The second kappa shape index (κ2) is 7.24. The van der Waals surface area contributed by atoms with Crippen LogP contribution in [0, 0.1) is 18.8 Å². The number of hydrogen-bond acceptors (Lipinski definition) is 2. The summed E-state index contributed by atoms with van der Waals surface area (Å²) >= 11 is 0. The lowest BCUT2D eigenvalue weighted by Gasteiger charge is -2.32. The van der Waals surface area contributed by atoms with Crippen LogP contribution >= 0.6 is 0 Å². The van der Waals surface area contributed by atoms with E-state index in [9.17, 15) is 5.11 Å². The Morgan fingerprint density at radius 1 is 1.25 bits per heavy atom. The number of benzene rings is 1. The van der Waals surface area contributed by atoms with Gasteiger partial charge >= 0.3 is 0 Å². The number of rotatable bonds is 7. The van der Waals surface area contributed by atoms with E-state index in [1.807, 2.05) is 0 Å². The maximum atomic E-state index is 10.2. The van der Waals surface area contributed by atoms with Gasteiger partial charge in [0.05, 0.1) is 6.10 Å². The highest BCUT2D eigenvalue weighted by atomic mass is 16.3. The first-order chi connectivity index (χ1) is 9.58.